The van der Waals surface area contributed by atoms with Crippen molar-refractivity contribution in [2.24, 2.45) is 0 Å². The number of methoxy groups -OCH3 is 1. The molecule has 0 aromatic carbocycles. The van der Waals surface area contributed by atoms with E-state index in [1.165, 1.54) is 19.4 Å². The Morgan fingerprint density at radius 3 is 2.88 bits per heavy atom. The number of amides is 1. The zero-order chi connectivity index (χ0) is 12.5. The van der Waals surface area contributed by atoms with Crippen LogP contribution in [-0.2, 0) is 9.53 Å². The molecular formula is C11H16N2O4. The minimum atomic E-state index is -0.244. The van der Waals surface area contributed by atoms with Crippen molar-refractivity contribution < 1.29 is 18.8 Å². The molecule has 0 saturated heterocycles. The van der Waals surface area contributed by atoms with Gasteiger partial charge in [0.15, 0.2) is 5.69 Å². The van der Waals surface area contributed by atoms with E-state index in [2.05, 4.69) is 19.7 Å². The molecule has 0 aliphatic rings. The van der Waals surface area contributed by atoms with E-state index in [4.69, 9.17) is 0 Å². The number of nitrogens with zero attached hydrogens (tertiary/aromatic N) is 1. The summed E-state index contributed by atoms with van der Waals surface area (Å²) in [6.45, 7) is 0.562. The van der Waals surface area contributed by atoms with Crippen LogP contribution in [0, 0.1) is 0 Å². The summed E-state index contributed by atoms with van der Waals surface area (Å²) in [5.41, 5.74) is 0.277. The topological polar surface area (TPSA) is 81.4 Å². The van der Waals surface area contributed by atoms with Crippen molar-refractivity contribution in [3.8, 4) is 0 Å². The maximum atomic E-state index is 11.4. The van der Waals surface area contributed by atoms with E-state index in [1.54, 1.807) is 0 Å². The van der Waals surface area contributed by atoms with Gasteiger partial charge in [-0.05, 0) is 12.8 Å². The van der Waals surface area contributed by atoms with E-state index in [1.807, 2.05) is 0 Å². The first-order chi connectivity index (χ1) is 8.24. The summed E-state index contributed by atoms with van der Waals surface area (Å²) < 4.78 is 9.07. The first kappa shape index (κ1) is 13.2. The Balaban J connectivity index is 2.01. The van der Waals surface area contributed by atoms with Crippen molar-refractivity contribution in [1.29, 1.82) is 0 Å². The second-order valence-electron chi connectivity index (χ2n) is 3.53. The zero-order valence-electron chi connectivity index (χ0n) is 9.77. The number of carbonyl (C=O) groups is 2. The van der Waals surface area contributed by atoms with Gasteiger partial charge in [-0.2, -0.15) is 0 Å². The van der Waals surface area contributed by atoms with Crippen LogP contribution in [0.4, 0.5) is 0 Å². The fraction of sp³-hybridized carbons (Fsp3) is 0.545. The van der Waals surface area contributed by atoms with Crippen LogP contribution >= 0.6 is 0 Å². The predicted octanol–water partition coefficient (Wildman–Crippen LogP) is 1.14. The van der Waals surface area contributed by atoms with Gasteiger partial charge < -0.3 is 14.6 Å². The highest BCUT2D eigenvalue weighted by molar-refractivity contribution is 5.91. The average Bonchev–Trinajstić information content (AvgIpc) is 2.86. The molecule has 6 nitrogen and oxygen atoms in total. The van der Waals surface area contributed by atoms with E-state index in [0.29, 0.717) is 13.0 Å². The lowest BCUT2D eigenvalue weighted by Gasteiger charge is -2.02. The number of nitrogens with one attached hydrogen (secondary N) is 1. The van der Waals surface area contributed by atoms with Crippen LogP contribution in [-0.4, -0.2) is 30.7 Å². The van der Waals surface area contributed by atoms with Gasteiger partial charge in [0.2, 0.25) is 0 Å². The molecule has 0 atom stereocenters. The summed E-state index contributed by atoms with van der Waals surface area (Å²) >= 11 is 0. The van der Waals surface area contributed by atoms with Crippen molar-refractivity contribution in [1.82, 2.24) is 10.5 Å². The third-order valence-electron chi connectivity index (χ3n) is 2.24. The van der Waals surface area contributed by atoms with Crippen LogP contribution in [0.2, 0.25) is 0 Å². The van der Waals surface area contributed by atoms with Crippen molar-refractivity contribution in [2.45, 2.75) is 25.7 Å². The second kappa shape index (κ2) is 7.43. The van der Waals surface area contributed by atoms with E-state index in [0.717, 1.165) is 19.3 Å². The second-order valence-corrected chi connectivity index (χ2v) is 3.53. The first-order valence-electron chi connectivity index (χ1n) is 5.49. The lowest BCUT2D eigenvalue weighted by atomic mass is 10.2. The molecule has 1 heterocycles. The Labute approximate surface area is 99.3 Å². The molecule has 0 aliphatic heterocycles. The molecule has 1 amide bonds. The van der Waals surface area contributed by atoms with Gasteiger partial charge in [-0.25, -0.2) is 0 Å². The molecule has 1 aromatic rings. The summed E-state index contributed by atoms with van der Waals surface area (Å²) in [6, 6.07) is 1.51. The highest BCUT2D eigenvalue weighted by atomic mass is 16.5. The molecular weight excluding hydrogens is 224 g/mol. The Bertz CT molecular complexity index is 348. The van der Waals surface area contributed by atoms with Gasteiger partial charge in [-0.15, -0.1) is 0 Å². The minimum absolute atomic E-state index is 0.198. The molecule has 1 rings (SSSR count). The predicted molar refractivity (Wildman–Crippen MR) is 59.3 cm³/mol. The standard InChI is InChI=1S/C11H16N2O4/c1-16-10(14)5-3-2-4-7-12-11(15)9-6-8-17-13-9/h6,8H,2-5,7H2,1H3,(H,12,15). The highest BCUT2D eigenvalue weighted by Crippen LogP contribution is 2.00. The number of unbranched alkanes of at least 4 members (excludes halogenated alkanes) is 2. The smallest absolute Gasteiger partial charge is 0.305 e. The maximum Gasteiger partial charge on any atom is 0.305 e. The summed E-state index contributed by atoms with van der Waals surface area (Å²) in [5.74, 6) is -0.441. The maximum absolute atomic E-state index is 11.4. The normalized spacial score (nSPS) is 9.94. The largest absolute Gasteiger partial charge is 0.469 e. The van der Waals surface area contributed by atoms with E-state index in [-0.39, 0.29) is 17.6 Å². The molecule has 6 heteroatoms. The fourth-order valence-electron chi connectivity index (χ4n) is 1.30. The van der Waals surface area contributed by atoms with Gasteiger partial charge in [0.1, 0.15) is 6.26 Å². The van der Waals surface area contributed by atoms with Gasteiger partial charge in [-0.1, -0.05) is 11.6 Å². The van der Waals surface area contributed by atoms with E-state index >= 15 is 0 Å². The van der Waals surface area contributed by atoms with E-state index < -0.39 is 0 Å². The monoisotopic (exact) mass is 240 g/mol. The zero-order valence-corrected chi connectivity index (χ0v) is 9.77. The van der Waals surface area contributed by atoms with Crippen molar-refractivity contribution in [3.63, 3.8) is 0 Å². The van der Waals surface area contributed by atoms with Crippen LogP contribution in [0.3, 0.4) is 0 Å². The van der Waals surface area contributed by atoms with Crippen LogP contribution in [0.15, 0.2) is 16.9 Å². The minimum Gasteiger partial charge on any atom is -0.469 e. The summed E-state index contributed by atoms with van der Waals surface area (Å²) in [6.07, 6.45) is 4.24. The number of esters is 1. The van der Waals surface area contributed by atoms with Crippen LogP contribution in [0.5, 0.6) is 0 Å². The molecule has 17 heavy (non-hydrogen) atoms. The van der Waals surface area contributed by atoms with Crippen LogP contribution < -0.4 is 5.32 Å². The van der Waals surface area contributed by atoms with Gasteiger partial charge in [-0.3, -0.25) is 9.59 Å². The molecule has 0 radical (unpaired) electrons. The van der Waals surface area contributed by atoms with Gasteiger partial charge >= 0.3 is 5.97 Å². The Hall–Kier alpha value is -1.85. The van der Waals surface area contributed by atoms with Crippen molar-refractivity contribution >= 4 is 11.9 Å². The number of rotatable bonds is 7. The first-order valence-corrected chi connectivity index (χ1v) is 5.49. The van der Waals surface area contributed by atoms with Crippen LogP contribution in [0.25, 0.3) is 0 Å². The van der Waals surface area contributed by atoms with Crippen LogP contribution in [0.1, 0.15) is 36.2 Å². The molecule has 0 saturated carbocycles. The van der Waals surface area contributed by atoms with Crippen molar-refractivity contribution in [2.75, 3.05) is 13.7 Å². The van der Waals surface area contributed by atoms with E-state index in [9.17, 15) is 9.59 Å². The number of carbonyl (C=O) groups excluding carboxylic acids is 2. The molecule has 0 unspecified atom stereocenters. The lowest BCUT2D eigenvalue weighted by Crippen LogP contribution is -2.24. The van der Waals surface area contributed by atoms with Gasteiger partial charge in [0, 0.05) is 19.0 Å². The average molecular weight is 240 g/mol. The molecule has 1 N–H and O–H groups in total. The fourth-order valence-corrected chi connectivity index (χ4v) is 1.30. The molecule has 1 aromatic heterocycles. The summed E-state index contributed by atoms with van der Waals surface area (Å²) in [7, 11) is 1.38. The third kappa shape index (κ3) is 5.14. The Morgan fingerprint density at radius 2 is 2.24 bits per heavy atom. The summed E-state index contributed by atoms with van der Waals surface area (Å²) in [5, 5.41) is 6.23. The molecule has 0 bridgehead atoms. The Morgan fingerprint density at radius 1 is 1.41 bits per heavy atom. The number of hydrogen-bond donors (Lipinski definition) is 1. The SMILES string of the molecule is COC(=O)CCCCCNC(=O)c1ccon1. The Kier molecular flexibility index (Phi) is 5.77. The number of ether oxygens (including phenoxy) is 1. The number of hydrogen-bond acceptors (Lipinski definition) is 5. The molecule has 0 spiro atoms. The molecule has 0 aliphatic carbocycles. The quantitative estimate of drug-likeness (QED) is 0.571. The van der Waals surface area contributed by atoms with Crippen molar-refractivity contribution in [3.05, 3.63) is 18.0 Å². The molecule has 94 valence electrons. The lowest BCUT2D eigenvalue weighted by molar-refractivity contribution is -0.140. The number of aromatic nitrogens is 1. The van der Waals surface area contributed by atoms with Gasteiger partial charge in [0.25, 0.3) is 5.91 Å². The summed E-state index contributed by atoms with van der Waals surface area (Å²) in [4.78, 5) is 22.2. The highest BCUT2D eigenvalue weighted by Gasteiger charge is 2.07. The third-order valence-corrected chi connectivity index (χ3v) is 2.24. The van der Waals surface area contributed by atoms with Gasteiger partial charge in [0.05, 0.1) is 7.11 Å². The molecule has 0 fully saturated rings.